The molecular weight excluding hydrogens is 246 g/mol. The predicted molar refractivity (Wildman–Crippen MR) is 73.8 cm³/mol. The van der Waals surface area contributed by atoms with Crippen LogP contribution in [0.25, 0.3) is 0 Å². The van der Waals surface area contributed by atoms with E-state index in [2.05, 4.69) is 10.6 Å². The van der Waals surface area contributed by atoms with E-state index in [1.807, 2.05) is 13.0 Å². The number of nitro benzene ring substituents is 1. The highest BCUT2D eigenvalue weighted by Crippen LogP contribution is 2.27. The molecule has 1 aromatic rings. The molecule has 1 atom stereocenters. The molecule has 1 fully saturated rings. The van der Waals surface area contributed by atoms with Crippen molar-refractivity contribution in [3.63, 3.8) is 0 Å². The van der Waals surface area contributed by atoms with Crippen molar-refractivity contribution in [2.24, 2.45) is 0 Å². The molecule has 1 saturated heterocycles. The first kappa shape index (κ1) is 13.6. The van der Waals surface area contributed by atoms with Crippen LogP contribution in [0.1, 0.15) is 19.8 Å². The molecule has 2 rings (SSSR count). The molecule has 1 unspecified atom stereocenters. The minimum atomic E-state index is -0.392. The number of benzene rings is 1. The first-order valence-electron chi connectivity index (χ1n) is 6.58. The number of rotatable bonds is 6. The predicted octanol–water partition coefficient (Wildman–Crippen LogP) is 2.16. The molecular formula is C13H19N3O3. The molecule has 0 amide bonds. The molecule has 104 valence electrons. The molecule has 1 aliphatic rings. The van der Waals surface area contributed by atoms with Crippen LogP contribution in [-0.2, 0) is 0 Å². The van der Waals surface area contributed by atoms with Gasteiger partial charge in [-0.25, -0.2) is 0 Å². The minimum absolute atomic E-state index is 0.0575. The molecule has 1 aromatic carbocycles. The molecule has 2 N–H and O–H groups in total. The summed E-state index contributed by atoms with van der Waals surface area (Å²) in [5, 5.41) is 17.5. The Hall–Kier alpha value is -1.82. The van der Waals surface area contributed by atoms with Gasteiger partial charge in [-0.15, -0.1) is 0 Å². The van der Waals surface area contributed by atoms with Gasteiger partial charge in [0.25, 0.3) is 5.69 Å². The Balaban J connectivity index is 2.15. The second-order valence-corrected chi connectivity index (χ2v) is 4.66. The molecule has 0 aliphatic carbocycles. The SMILES string of the molecule is CCCOc1cc(NC2CCNC2)cc([N+](=O)[O-])c1. The highest BCUT2D eigenvalue weighted by molar-refractivity contribution is 5.57. The molecule has 6 heteroatoms. The summed E-state index contributed by atoms with van der Waals surface area (Å²) in [6, 6.07) is 5.16. The van der Waals surface area contributed by atoms with E-state index in [1.165, 1.54) is 6.07 Å². The first-order valence-corrected chi connectivity index (χ1v) is 6.58. The largest absolute Gasteiger partial charge is 0.493 e. The molecule has 0 spiro atoms. The number of nitrogens with zero attached hydrogens (tertiary/aromatic N) is 1. The first-order chi connectivity index (χ1) is 9.19. The zero-order valence-electron chi connectivity index (χ0n) is 11.0. The fraction of sp³-hybridized carbons (Fsp3) is 0.538. The highest BCUT2D eigenvalue weighted by Gasteiger charge is 2.16. The summed E-state index contributed by atoms with van der Waals surface area (Å²) >= 11 is 0. The fourth-order valence-electron chi connectivity index (χ4n) is 2.09. The maximum Gasteiger partial charge on any atom is 0.275 e. The zero-order chi connectivity index (χ0) is 13.7. The van der Waals surface area contributed by atoms with Crippen molar-refractivity contribution in [1.82, 2.24) is 5.32 Å². The van der Waals surface area contributed by atoms with Gasteiger partial charge in [-0.3, -0.25) is 10.1 Å². The third-order valence-corrected chi connectivity index (χ3v) is 3.01. The molecule has 6 nitrogen and oxygen atoms in total. The van der Waals surface area contributed by atoms with Crippen LogP contribution in [0.2, 0.25) is 0 Å². The Morgan fingerprint density at radius 2 is 2.37 bits per heavy atom. The molecule has 0 radical (unpaired) electrons. The van der Waals surface area contributed by atoms with Crippen molar-refractivity contribution in [2.75, 3.05) is 25.0 Å². The fourth-order valence-corrected chi connectivity index (χ4v) is 2.09. The lowest BCUT2D eigenvalue weighted by molar-refractivity contribution is -0.384. The molecule has 19 heavy (non-hydrogen) atoms. The summed E-state index contributed by atoms with van der Waals surface area (Å²) in [6.07, 6.45) is 1.89. The number of hydrogen-bond donors (Lipinski definition) is 2. The van der Waals surface area contributed by atoms with Gasteiger partial charge in [0.15, 0.2) is 0 Å². The Morgan fingerprint density at radius 3 is 3.00 bits per heavy atom. The summed E-state index contributed by atoms with van der Waals surface area (Å²) < 4.78 is 5.49. The van der Waals surface area contributed by atoms with Crippen LogP contribution < -0.4 is 15.4 Å². The Bertz CT molecular complexity index is 445. The van der Waals surface area contributed by atoms with Crippen molar-refractivity contribution >= 4 is 11.4 Å². The van der Waals surface area contributed by atoms with Gasteiger partial charge in [-0.05, 0) is 19.4 Å². The molecule has 1 heterocycles. The summed E-state index contributed by atoms with van der Waals surface area (Å²) in [5.41, 5.74) is 0.802. The lowest BCUT2D eigenvalue weighted by Gasteiger charge is -2.14. The van der Waals surface area contributed by atoms with Gasteiger partial charge in [0, 0.05) is 30.4 Å². The van der Waals surface area contributed by atoms with E-state index in [0.29, 0.717) is 18.4 Å². The minimum Gasteiger partial charge on any atom is -0.493 e. The van der Waals surface area contributed by atoms with Crippen molar-refractivity contribution in [2.45, 2.75) is 25.8 Å². The van der Waals surface area contributed by atoms with E-state index < -0.39 is 4.92 Å². The molecule has 1 aliphatic heterocycles. The summed E-state index contributed by atoms with van der Waals surface area (Å²) in [6.45, 7) is 4.42. The smallest absolute Gasteiger partial charge is 0.275 e. The van der Waals surface area contributed by atoms with Crippen LogP contribution in [0, 0.1) is 10.1 Å². The Kier molecular flexibility index (Phi) is 4.57. The van der Waals surface area contributed by atoms with E-state index in [0.717, 1.165) is 31.6 Å². The van der Waals surface area contributed by atoms with Crippen LogP contribution in [0.15, 0.2) is 18.2 Å². The zero-order valence-corrected chi connectivity index (χ0v) is 11.0. The molecule has 0 saturated carbocycles. The van der Waals surface area contributed by atoms with Crippen molar-refractivity contribution < 1.29 is 9.66 Å². The third-order valence-electron chi connectivity index (χ3n) is 3.01. The maximum absolute atomic E-state index is 10.9. The van der Waals surface area contributed by atoms with Crippen LogP contribution in [0.5, 0.6) is 5.75 Å². The van der Waals surface area contributed by atoms with Gasteiger partial charge < -0.3 is 15.4 Å². The second kappa shape index (κ2) is 6.38. The van der Waals surface area contributed by atoms with E-state index in [-0.39, 0.29) is 5.69 Å². The number of nitro groups is 1. The van der Waals surface area contributed by atoms with Crippen molar-refractivity contribution in [1.29, 1.82) is 0 Å². The quantitative estimate of drug-likeness (QED) is 0.609. The van der Waals surface area contributed by atoms with Crippen molar-refractivity contribution in [3.05, 3.63) is 28.3 Å². The summed E-state index contributed by atoms with van der Waals surface area (Å²) in [7, 11) is 0. The number of ether oxygens (including phenoxy) is 1. The average molecular weight is 265 g/mol. The van der Waals surface area contributed by atoms with E-state index in [4.69, 9.17) is 4.74 Å². The monoisotopic (exact) mass is 265 g/mol. The molecule has 0 aromatic heterocycles. The lowest BCUT2D eigenvalue weighted by atomic mass is 10.2. The van der Waals surface area contributed by atoms with Gasteiger partial charge in [-0.1, -0.05) is 6.92 Å². The van der Waals surface area contributed by atoms with Gasteiger partial charge in [0.2, 0.25) is 0 Å². The second-order valence-electron chi connectivity index (χ2n) is 4.66. The normalized spacial score (nSPS) is 18.3. The highest BCUT2D eigenvalue weighted by atomic mass is 16.6. The number of hydrogen-bond acceptors (Lipinski definition) is 5. The van der Waals surface area contributed by atoms with Crippen LogP contribution >= 0.6 is 0 Å². The van der Waals surface area contributed by atoms with Crippen LogP contribution in [-0.4, -0.2) is 30.7 Å². The van der Waals surface area contributed by atoms with Gasteiger partial charge >= 0.3 is 0 Å². The molecule has 0 bridgehead atoms. The van der Waals surface area contributed by atoms with Crippen molar-refractivity contribution in [3.8, 4) is 5.75 Å². The van der Waals surface area contributed by atoms with Crippen LogP contribution in [0.4, 0.5) is 11.4 Å². The van der Waals surface area contributed by atoms with Gasteiger partial charge in [-0.2, -0.15) is 0 Å². The summed E-state index contributed by atoms with van der Waals surface area (Å²) in [5.74, 6) is 0.546. The Morgan fingerprint density at radius 1 is 1.53 bits per heavy atom. The summed E-state index contributed by atoms with van der Waals surface area (Å²) in [4.78, 5) is 10.5. The number of non-ortho nitro benzene ring substituents is 1. The van der Waals surface area contributed by atoms with Gasteiger partial charge in [0.1, 0.15) is 5.75 Å². The number of anilines is 1. The van der Waals surface area contributed by atoms with E-state index in [1.54, 1.807) is 6.07 Å². The van der Waals surface area contributed by atoms with E-state index in [9.17, 15) is 10.1 Å². The third kappa shape index (κ3) is 3.82. The van der Waals surface area contributed by atoms with Gasteiger partial charge in [0.05, 0.1) is 17.6 Å². The maximum atomic E-state index is 10.9. The Labute approximate surface area is 112 Å². The van der Waals surface area contributed by atoms with Crippen LogP contribution in [0.3, 0.4) is 0 Å². The van der Waals surface area contributed by atoms with E-state index >= 15 is 0 Å². The lowest BCUT2D eigenvalue weighted by Crippen LogP contribution is -2.22. The number of nitrogens with one attached hydrogen (secondary N) is 2. The topological polar surface area (TPSA) is 76.4 Å². The average Bonchev–Trinajstić information content (AvgIpc) is 2.89. The standard InChI is InChI=1S/C13H19N3O3/c1-2-5-19-13-7-11(6-12(8-13)16(17)18)15-10-3-4-14-9-10/h6-8,10,14-15H,2-5,9H2,1H3.